The van der Waals surface area contributed by atoms with Crippen molar-refractivity contribution in [3.8, 4) is 33.2 Å². The molecule has 3 heterocycles. The third kappa shape index (κ3) is 3.94. The standard InChI is InChI=1S/C28H23N5OS/c1-19-25-30-31-26(24-18-35-27(29-24)22-10-6-3-7-11-22)33(25)17-16-32(19)28(34)23-14-12-21(13-15-23)20-8-4-2-5-9-20/h2-15,18-19H,16-17H2,1H3. The summed E-state index contributed by atoms with van der Waals surface area (Å²) in [6.07, 6.45) is 0. The number of carbonyl (C=O) groups is 1. The normalized spacial score (nSPS) is 15.1. The second-order valence-electron chi connectivity index (χ2n) is 8.56. The SMILES string of the molecule is CC1c2nnc(-c3csc(-c4ccccc4)n3)n2CCN1C(=O)c1ccc(-c2ccccc2)cc1. The highest BCUT2D eigenvalue weighted by Crippen LogP contribution is 2.32. The summed E-state index contributed by atoms with van der Waals surface area (Å²) < 4.78 is 2.09. The third-order valence-electron chi connectivity index (χ3n) is 6.44. The summed E-state index contributed by atoms with van der Waals surface area (Å²) in [5, 5.41) is 11.9. The van der Waals surface area contributed by atoms with E-state index in [4.69, 9.17) is 4.98 Å². The second kappa shape index (κ2) is 8.92. The average Bonchev–Trinajstić information content (AvgIpc) is 3.58. The Kier molecular flexibility index (Phi) is 5.47. The molecule has 1 aliphatic heterocycles. The van der Waals surface area contributed by atoms with E-state index < -0.39 is 0 Å². The van der Waals surface area contributed by atoms with E-state index in [1.165, 1.54) is 0 Å². The summed E-state index contributed by atoms with van der Waals surface area (Å²) in [6.45, 7) is 3.23. The lowest BCUT2D eigenvalue weighted by molar-refractivity contribution is 0.0638. The van der Waals surface area contributed by atoms with Crippen molar-refractivity contribution in [1.82, 2.24) is 24.6 Å². The van der Waals surface area contributed by atoms with Gasteiger partial charge in [0, 0.05) is 29.6 Å². The van der Waals surface area contributed by atoms with Gasteiger partial charge in [-0.25, -0.2) is 4.98 Å². The molecule has 6 nitrogen and oxygen atoms in total. The highest BCUT2D eigenvalue weighted by molar-refractivity contribution is 7.13. The first-order valence-electron chi connectivity index (χ1n) is 11.6. The number of hydrogen-bond donors (Lipinski definition) is 0. The van der Waals surface area contributed by atoms with E-state index in [0.717, 1.165) is 39.0 Å². The van der Waals surface area contributed by atoms with Gasteiger partial charge in [-0.1, -0.05) is 72.8 Å². The van der Waals surface area contributed by atoms with Crippen molar-refractivity contribution in [1.29, 1.82) is 0 Å². The van der Waals surface area contributed by atoms with Crippen molar-refractivity contribution >= 4 is 17.2 Å². The fourth-order valence-corrected chi connectivity index (χ4v) is 5.35. The summed E-state index contributed by atoms with van der Waals surface area (Å²) in [4.78, 5) is 20.0. The number of aromatic nitrogens is 4. The van der Waals surface area contributed by atoms with Gasteiger partial charge in [-0.15, -0.1) is 21.5 Å². The molecule has 5 aromatic rings. The van der Waals surface area contributed by atoms with Gasteiger partial charge < -0.3 is 9.47 Å². The van der Waals surface area contributed by atoms with Gasteiger partial charge in [-0.2, -0.15) is 0 Å². The van der Waals surface area contributed by atoms with E-state index in [1.54, 1.807) is 11.3 Å². The van der Waals surface area contributed by atoms with Crippen LogP contribution in [0.15, 0.2) is 90.3 Å². The Balaban J connectivity index is 1.23. The van der Waals surface area contributed by atoms with Crippen molar-refractivity contribution in [2.24, 2.45) is 0 Å². The molecule has 0 N–H and O–H groups in total. The lowest BCUT2D eigenvalue weighted by Crippen LogP contribution is -2.41. The largest absolute Gasteiger partial charge is 0.327 e. The van der Waals surface area contributed by atoms with Crippen LogP contribution in [0.3, 0.4) is 0 Å². The van der Waals surface area contributed by atoms with Gasteiger partial charge >= 0.3 is 0 Å². The van der Waals surface area contributed by atoms with Crippen LogP contribution in [0.5, 0.6) is 0 Å². The molecular weight excluding hydrogens is 454 g/mol. The first-order chi connectivity index (χ1) is 17.2. The van der Waals surface area contributed by atoms with Crippen molar-refractivity contribution in [3.63, 3.8) is 0 Å². The predicted molar refractivity (Wildman–Crippen MR) is 138 cm³/mol. The van der Waals surface area contributed by atoms with Crippen LogP contribution < -0.4 is 0 Å². The topological polar surface area (TPSA) is 63.9 Å². The fourth-order valence-electron chi connectivity index (χ4n) is 4.54. The van der Waals surface area contributed by atoms with Gasteiger partial charge in [0.2, 0.25) is 0 Å². The molecule has 1 amide bonds. The van der Waals surface area contributed by atoms with Crippen molar-refractivity contribution in [2.45, 2.75) is 19.5 Å². The number of carbonyl (C=O) groups excluding carboxylic acids is 1. The number of hydrogen-bond acceptors (Lipinski definition) is 5. The molecule has 1 atom stereocenters. The van der Waals surface area contributed by atoms with Crippen molar-refractivity contribution in [2.75, 3.05) is 6.54 Å². The van der Waals surface area contributed by atoms with E-state index in [2.05, 4.69) is 39.0 Å². The quantitative estimate of drug-likeness (QED) is 0.321. The molecule has 1 unspecified atom stereocenters. The van der Waals surface area contributed by atoms with E-state index in [-0.39, 0.29) is 11.9 Å². The first-order valence-corrected chi connectivity index (χ1v) is 12.5. The maximum atomic E-state index is 13.4. The molecular formula is C28H23N5OS. The summed E-state index contributed by atoms with van der Waals surface area (Å²) in [5.41, 5.74) is 4.81. The lowest BCUT2D eigenvalue weighted by Gasteiger charge is -2.33. The Morgan fingerprint density at radius 2 is 1.49 bits per heavy atom. The Morgan fingerprint density at radius 3 is 2.20 bits per heavy atom. The van der Waals surface area contributed by atoms with Crippen LogP contribution in [0.25, 0.3) is 33.2 Å². The molecule has 0 aliphatic carbocycles. The predicted octanol–water partition coefficient (Wildman–Crippen LogP) is 5.95. The zero-order valence-electron chi connectivity index (χ0n) is 19.2. The molecule has 6 rings (SSSR count). The molecule has 2 aromatic heterocycles. The molecule has 0 spiro atoms. The maximum Gasteiger partial charge on any atom is 0.254 e. The van der Waals surface area contributed by atoms with E-state index in [0.29, 0.717) is 18.7 Å². The van der Waals surface area contributed by atoms with Gasteiger partial charge in [0.25, 0.3) is 5.91 Å². The highest BCUT2D eigenvalue weighted by atomic mass is 32.1. The molecule has 0 saturated carbocycles. The summed E-state index contributed by atoms with van der Waals surface area (Å²) in [5.74, 6) is 1.55. The molecule has 7 heteroatoms. The van der Waals surface area contributed by atoms with Gasteiger partial charge in [0.15, 0.2) is 11.6 Å². The minimum Gasteiger partial charge on any atom is -0.327 e. The number of rotatable bonds is 4. The number of benzene rings is 3. The van der Waals surface area contributed by atoms with Crippen molar-refractivity contribution < 1.29 is 4.79 Å². The van der Waals surface area contributed by atoms with Gasteiger partial charge in [-0.05, 0) is 30.2 Å². The van der Waals surface area contributed by atoms with Crippen LogP contribution in [0.2, 0.25) is 0 Å². The zero-order chi connectivity index (χ0) is 23.8. The second-order valence-corrected chi connectivity index (χ2v) is 9.41. The highest BCUT2D eigenvalue weighted by Gasteiger charge is 2.32. The van der Waals surface area contributed by atoms with Crippen molar-refractivity contribution in [3.05, 3.63) is 102 Å². The van der Waals surface area contributed by atoms with E-state index in [9.17, 15) is 4.79 Å². The van der Waals surface area contributed by atoms with Gasteiger partial charge in [0.1, 0.15) is 10.7 Å². The Labute approximate surface area is 207 Å². The van der Waals surface area contributed by atoms with Gasteiger partial charge in [0.05, 0.1) is 6.04 Å². The van der Waals surface area contributed by atoms with E-state index >= 15 is 0 Å². The molecule has 35 heavy (non-hydrogen) atoms. The van der Waals surface area contributed by atoms with Crippen LogP contribution in [0, 0.1) is 0 Å². The molecule has 0 bridgehead atoms. The monoisotopic (exact) mass is 477 g/mol. The smallest absolute Gasteiger partial charge is 0.254 e. The summed E-state index contributed by atoms with van der Waals surface area (Å²) in [7, 11) is 0. The molecule has 172 valence electrons. The number of fused-ring (bicyclic) bond motifs is 1. The Hall–Kier alpha value is -4.10. The summed E-state index contributed by atoms with van der Waals surface area (Å²) in [6, 6.07) is 27.9. The Bertz CT molecular complexity index is 1480. The average molecular weight is 478 g/mol. The number of nitrogens with zero attached hydrogens (tertiary/aromatic N) is 5. The molecule has 0 saturated heterocycles. The minimum atomic E-state index is -0.182. The maximum absolute atomic E-state index is 13.4. The molecule has 0 radical (unpaired) electrons. The molecule has 3 aromatic carbocycles. The summed E-state index contributed by atoms with van der Waals surface area (Å²) >= 11 is 1.60. The third-order valence-corrected chi connectivity index (χ3v) is 7.33. The van der Waals surface area contributed by atoms with Crippen LogP contribution in [-0.4, -0.2) is 37.1 Å². The van der Waals surface area contributed by atoms with Crippen LogP contribution in [-0.2, 0) is 6.54 Å². The number of thiazole rings is 1. The molecule has 0 fully saturated rings. The first kappa shape index (κ1) is 21.4. The Morgan fingerprint density at radius 1 is 0.829 bits per heavy atom. The minimum absolute atomic E-state index is 0.00735. The zero-order valence-corrected chi connectivity index (χ0v) is 20.0. The van der Waals surface area contributed by atoms with E-state index in [1.807, 2.05) is 77.9 Å². The van der Waals surface area contributed by atoms with Gasteiger partial charge in [-0.3, -0.25) is 4.79 Å². The number of amides is 1. The fraction of sp³-hybridized carbons (Fsp3) is 0.143. The van der Waals surface area contributed by atoms with Crippen LogP contribution in [0.4, 0.5) is 0 Å². The van der Waals surface area contributed by atoms with Crippen LogP contribution in [0.1, 0.15) is 29.1 Å². The van der Waals surface area contributed by atoms with Crippen LogP contribution >= 0.6 is 11.3 Å². The lowest BCUT2D eigenvalue weighted by atomic mass is 10.0. The molecule has 1 aliphatic rings.